The number of nitrogens with one attached hydrogen (secondary N) is 1. The summed E-state index contributed by atoms with van der Waals surface area (Å²) in [5, 5.41) is 2.92. The molecule has 0 atom stereocenters. The standard InChI is InChI=1S/C24H26N2O2/c1-5-18-6-10-20(11-7-18)28-21-12-8-19(9-13-21)26-24(27)22-14-15-23(16(2)3)25-17(22)4/h6-16H,5H2,1-4H3,(H,26,27). The van der Waals surface area contributed by atoms with Gasteiger partial charge in [0.1, 0.15) is 11.5 Å². The summed E-state index contributed by atoms with van der Waals surface area (Å²) >= 11 is 0. The molecule has 4 heteroatoms. The van der Waals surface area contributed by atoms with E-state index in [0.717, 1.165) is 29.3 Å². The minimum absolute atomic E-state index is 0.163. The average Bonchev–Trinajstić information content (AvgIpc) is 2.69. The topological polar surface area (TPSA) is 51.2 Å². The fourth-order valence-electron chi connectivity index (χ4n) is 2.88. The largest absolute Gasteiger partial charge is 0.457 e. The Bertz CT molecular complexity index is 945. The van der Waals surface area contributed by atoms with Crippen molar-refractivity contribution in [2.45, 2.75) is 40.0 Å². The number of anilines is 1. The highest BCUT2D eigenvalue weighted by Gasteiger charge is 2.12. The summed E-state index contributed by atoms with van der Waals surface area (Å²) in [7, 11) is 0. The van der Waals surface area contributed by atoms with Crippen LogP contribution >= 0.6 is 0 Å². The van der Waals surface area contributed by atoms with Gasteiger partial charge in [0.25, 0.3) is 5.91 Å². The van der Waals surface area contributed by atoms with E-state index in [4.69, 9.17) is 4.74 Å². The molecule has 1 aromatic heterocycles. The molecule has 1 heterocycles. The third-order valence-electron chi connectivity index (χ3n) is 4.62. The maximum absolute atomic E-state index is 12.6. The predicted octanol–water partition coefficient (Wildman–Crippen LogP) is 6.12. The first-order chi connectivity index (χ1) is 13.5. The molecular weight excluding hydrogens is 348 g/mol. The highest BCUT2D eigenvalue weighted by molar-refractivity contribution is 6.05. The van der Waals surface area contributed by atoms with Gasteiger partial charge in [0.15, 0.2) is 0 Å². The number of aryl methyl sites for hydroxylation is 2. The van der Waals surface area contributed by atoms with Gasteiger partial charge in [-0.05, 0) is 73.4 Å². The Morgan fingerprint density at radius 1 is 0.964 bits per heavy atom. The molecule has 0 unspecified atom stereocenters. The van der Waals surface area contributed by atoms with Crippen LogP contribution < -0.4 is 10.1 Å². The molecular formula is C24H26N2O2. The van der Waals surface area contributed by atoms with E-state index in [1.165, 1.54) is 5.56 Å². The molecule has 0 aliphatic heterocycles. The molecule has 0 spiro atoms. The van der Waals surface area contributed by atoms with Crippen LogP contribution in [0.3, 0.4) is 0 Å². The monoisotopic (exact) mass is 374 g/mol. The lowest BCUT2D eigenvalue weighted by Gasteiger charge is -2.11. The molecule has 0 bridgehead atoms. The number of benzene rings is 2. The molecule has 28 heavy (non-hydrogen) atoms. The van der Waals surface area contributed by atoms with Gasteiger partial charge in [0, 0.05) is 11.4 Å². The number of ether oxygens (including phenoxy) is 1. The molecule has 0 saturated carbocycles. The lowest BCUT2D eigenvalue weighted by molar-refractivity contribution is 0.102. The van der Waals surface area contributed by atoms with Crippen molar-refractivity contribution in [1.82, 2.24) is 4.98 Å². The molecule has 144 valence electrons. The number of nitrogens with zero attached hydrogens (tertiary/aromatic N) is 1. The summed E-state index contributed by atoms with van der Waals surface area (Å²) in [6.45, 7) is 8.16. The van der Waals surface area contributed by atoms with Crippen molar-refractivity contribution in [3.63, 3.8) is 0 Å². The van der Waals surface area contributed by atoms with Crippen molar-refractivity contribution in [1.29, 1.82) is 0 Å². The van der Waals surface area contributed by atoms with E-state index in [0.29, 0.717) is 17.2 Å². The number of carbonyl (C=O) groups is 1. The van der Waals surface area contributed by atoms with E-state index in [2.05, 4.69) is 43.2 Å². The summed E-state index contributed by atoms with van der Waals surface area (Å²) in [6, 6.07) is 19.1. The fraction of sp³-hybridized carbons (Fsp3) is 0.250. The molecule has 0 aliphatic rings. The van der Waals surface area contributed by atoms with Gasteiger partial charge in [-0.3, -0.25) is 9.78 Å². The van der Waals surface area contributed by atoms with Crippen LogP contribution in [0.5, 0.6) is 11.5 Å². The van der Waals surface area contributed by atoms with Gasteiger partial charge >= 0.3 is 0 Å². The summed E-state index contributed by atoms with van der Waals surface area (Å²) in [6.07, 6.45) is 1.00. The maximum atomic E-state index is 12.6. The number of pyridine rings is 1. The third-order valence-corrected chi connectivity index (χ3v) is 4.62. The van der Waals surface area contributed by atoms with Crippen molar-refractivity contribution in [3.05, 3.63) is 83.2 Å². The van der Waals surface area contributed by atoms with E-state index in [-0.39, 0.29) is 5.91 Å². The third kappa shape index (κ3) is 4.77. The second-order valence-corrected chi connectivity index (χ2v) is 7.10. The van der Waals surface area contributed by atoms with Gasteiger partial charge in [-0.25, -0.2) is 0 Å². The zero-order valence-corrected chi connectivity index (χ0v) is 16.8. The highest BCUT2D eigenvalue weighted by atomic mass is 16.5. The first kappa shape index (κ1) is 19.6. The lowest BCUT2D eigenvalue weighted by atomic mass is 10.1. The molecule has 3 rings (SSSR count). The van der Waals surface area contributed by atoms with Crippen molar-refractivity contribution < 1.29 is 9.53 Å². The van der Waals surface area contributed by atoms with Gasteiger partial charge in [-0.1, -0.05) is 32.9 Å². The number of aromatic nitrogens is 1. The second-order valence-electron chi connectivity index (χ2n) is 7.10. The molecule has 0 fully saturated rings. The zero-order valence-electron chi connectivity index (χ0n) is 16.8. The number of hydrogen-bond acceptors (Lipinski definition) is 3. The van der Waals surface area contributed by atoms with Gasteiger partial charge in [-0.15, -0.1) is 0 Å². The number of rotatable bonds is 6. The van der Waals surface area contributed by atoms with Crippen LogP contribution in [-0.2, 0) is 6.42 Å². The first-order valence-corrected chi connectivity index (χ1v) is 9.62. The van der Waals surface area contributed by atoms with Crippen LogP contribution in [0.1, 0.15) is 54.0 Å². The van der Waals surface area contributed by atoms with E-state index in [1.807, 2.05) is 55.5 Å². The molecule has 3 aromatic rings. The van der Waals surface area contributed by atoms with Gasteiger partial charge in [-0.2, -0.15) is 0 Å². The van der Waals surface area contributed by atoms with Crippen molar-refractivity contribution in [3.8, 4) is 11.5 Å². The summed E-state index contributed by atoms with van der Waals surface area (Å²) < 4.78 is 5.85. The Labute approximate surface area is 166 Å². The van der Waals surface area contributed by atoms with E-state index in [1.54, 1.807) is 0 Å². The Balaban J connectivity index is 1.65. The lowest BCUT2D eigenvalue weighted by Crippen LogP contribution is -2.14. The Morgan fingerprint density at radius 3 is 2.11 bits per heavy atom. The summed E-state index contributed by atoms with van der Waals surface area (Å²) in [5.74, 6) is 1.69. The van der Waals surface area contributed by atoms with Crippen LogP contribution in [0.15, 0.2) is 60.7 Å². The van der Waals surface area contributed by atoms with Crippen LogP contribution in [0.4, 0.5) is 5.69 Å². The maximum Gasteiger partial charge on any atom is 0.257 e. The first-order valence-electron chi connectivity index (χ1n) is 9.62. The second kappa shape index (κ2) is 8.70. The molecule has 1 N–H and O–H groups in total. The molecule has 4 nitrogen and oxygen atoms in total. The van der Waals surface area contributed by atoms with Crippen molar-refractivity contribution in [2.75, 3.05) is 5.32 Å². The Kier molecular flexibility index (Phi) is 6.09. The summed E-state index contributed by atoms with van der Waals surface area (Å²) in [4.78, 5) is 17.1. The van der Waals surface area contributed by atoms with Crippen LogP contribution in [0.25, 0.3) is 0 Å². The smallest absolute Gasteiger partial charge is 0.257 e. The zero-order chi connectivity index (χ0) is 20.1. The molecule has 0 saturated heterocycles. The molecule has 0 radical (unpaired) electrons. The van der Waals surface area contributed by atoms with E-state index < -0.39 is 0 Å². The number of carbonyl (C=O) groups excluding carboxylic acids is 1. The molecule has 1 amide bonds. The van der Waals surface area contributed by atoms with Crippen LogP contribution in [0, 0.1) is 6.92 Å². The minimum Gasteiger partial charge on any atom is -0.457 e. The number of amides is 1. The Morgan fingerprint density at radius 2 is 1.57 bits per heavy atom. The SMILES string of the molecule is CCc1ccc(Oc2ccc(NC(=O)c3ccc(C(C)C)nc3C)cc2)cc1. The Hall–Kier alpha value is -3.14. The van der Waals surface area contributed by atoms with Crippen molar-refractivity contribution in [2.24, 2.45) is 0 Å². The average molecular weight is 374 g/mol. The number of hydrogen-bond donors (Lipinski definition) is 1. The van der Waals surface area contributed by atoms with Gasteiger partial charge < -0.3 is 10.1 Å². The normalized spacial score (nSPS) is 10.8. The summed E-state index contributed by atoms with van der Waals surface area (Å²) in [5.41, 5.74) is 4.30. The van der Waals surface area contributed by atoms with Gasteiger partial charge in [0.05, 0.1) is 11.3 Å². The quantitative estimate of drug-likeness (QED) is 0.565. The van der Waals surface area contributed by atoms with Gasteiger partial charge in [0.2, 0.25) is 0 Å². The van der Waals surface area contributed by atoms with Crippen LogP contribution in [-0.4, -0.2) is 10.9 Å². The van der Waals surface area contributed by atoms with Crippen LogP contribution in [0.2, 0.25) is 0 Å². The van der Waals surface area contributed by atoms with E-state index >= 15 is 0 Å². The molecule has 0 aliphatic carbocycles. The molecule has 2 aromatic carbocycles. The van der Waals surface area contributed by atoms with E-state index in [9.17, 15) is 4.79 Å². The predicted molar refractivity (Wildman–Crippen MR) is 113 cm³/mol. The minimum atomic E-state index is -0.163. The fourth-order valence-corrected chi connectivity index (χ4v) is 2.88. The van der Waals surface area contributed by atoms with Crippen molar-refractivity contribution >= 4 is 11.6 Å². The highest BCUT2D eigenvalue weighted by Crippen LogP contribution is 2.24.